The highest BCUT2D eigenvalue weighted by molar-refractivity contribution is 7.99. The molecule has 0 atom stereocenters. The summed E-state index contributed by atoms with van der Waals surface area (Å²) in [4.78, 5) is 21.1. The first-order valence-corrected chi connectivity index (χ1v) is 10.4. The van der Waals surface area contributed by atoms with Crippen LogP contribution in [0.15, 0.2) is 64.2 Å². The van der Waals surface area contributed by atoms with Crippen LogP contribution in [-0.4, -0.2) is 65.8 Å². The lowest BCUT2D eigenvalue weighted by atomic mass is 10.3. The van der Waals surface area contributed by atoms with Crippen molar-refractivity contribution in [2.75, 3.05) is 45.1 Å². The van der Waals surface area contributed by atoms with Crippen molar-refractivity contribution < 1.29 is 13.9 Å². The van der Waals surface area contributed by atoms with Crippen molar-refractivity contribution in [3.05, 3.63) is 54.6 Å². The van der Waals surface area contributed by atoms with Crippen molar-refractivity contribution in [2.45, 2.75) is 5.22 Å². The van der Waals surface area contributed by atoms with Gasteiger partial charge in [0.2, 0.25) is 5.91 Å². The van der Waals surface area contributed by atoms with Gasteiger partial charge in [-0.2, -0.15) is 0 Å². The quantitative estimate of drug-likeness (QED) is 0.571. The minimum atomic E-state index is 0.132. The van der Waals surface area contributed by atoms with E-state index in [0.717, 1.165) is 49.6 Å². The Morgan fingerprint density at radius 2 is 1.79 bits per heavy atom. The Kier molecular flexibility index (Phi) is 6.14. The minimum absolute atomic E-state index is 0.132. The molecule has 1 aromatic heterocycles. The summed E-state index contributed by atoms with van der Waals surface area (Å²) in [6.07, 6.45) is 0. The van der Waals surface area contributed by atoms with Gasteiger partial charge in [0.05, 0.1) is 5.75 Å². The van der Waals surface area contributed by atoms with Crippen LogP contribution in [0.2, 0.25) is 0 Å². The third-order valence-corrected chi connectivity index (χ3v) is 5.55. The van der Waals surface area contributed by atoms with Crippen molar-refractivity contribution in [1.82, 2.24) is 14.8 Å². The smallest absolute Gasteiger partial charge is 0.257 e. The summed E-state index contributed by atoms with van der Waals surface area (Å²) in [7, 11) is 0. The molecule has 1 aliphatic heterocycles. The molecule has 0 spiro atoms. The second-order valence-electron chi connectivity index (χ2n) is 6.62. The van der Waals surface area contributed by atoms with E-state index in [1.807, 2.05) is 59.5 Å². The summed E-state index contributed by atoms with van der Waals surface area (Å²) in [6.45, 7) is 4.77. The Bertz CT molecular complexity index is 874. The van der Waals surface area contributed by atoms with Gasteiger partial charge in [0, 0.05) is 32.7 Å². The number of hydrogen-bond acceptors (Lipinski definition) is 6. The lowest BCUT2D eigenvalue weighted by molar-refractivity contribution is -0.130. The summed E-state index contributed by atoms with van der Waals surface area (Å²) in [5.41, 5.74) is 1.58. The van der Waals surface area contributed by atoms with Crippen LogP contribution in [-0.2, 0) is 4.79 Å². The van der Waals surface area contributed by atoms with Crippen LogP contribution in [0.1, 0.15) is 0 Å². The number of benzene rings is 2. The van der Waals surface area contributed by atoms with Gasteiger partial charge in [-0.05, 0) is 24.3 Å². The minimum Gasteiger partial charge on any atom is -0.492 e. The predicted molar refractivity (Wildman–Crippen MR) is 110 cm³/mol. The number of fused-ring (bicyclic) bond motifs is 1. The molecule has 1 fully saturated rings. The molecule has 7 heteroatoms. The highest BCUT2D eigenvalue weighted by Gasteiger charge is 2.21. The van der Waals surface area contributed by atoms with E-state index in [1.165, 1.54) is 11.8 Å². The second-order valence-corrected chi connectivity index (χ2v) is 7.55. The summed E-state index contributed by atoms with van der Waals surface area (Å²) < 4.78 is 11.4. The van der Waals surface area contributed by atoms with Crippen LogP contribution in [0.25, 0.3) is 11.1 Å². The number of thioether (sulfide) groups is 1. The van der Waals surface area contributed by atoms with Gasteiger partial charge in [0.25, 0.3) is 5.22 Å². The number of oxazole rings is 1. The molecule has 4 rings (SSSR count). The highest BCUT2D eigenvalue weighted by Crippen LogP contribution is 2.23. The Balaban J connectivity index is 1.17. The maximum atomic E-state index is 12.5. The zero-order valence-corrected chi connectivity index (χ0v) is 16.4. The van der Waals surface area contributed by atoms with Gasteiger partial charge < -0.3 is 14.1 Å². The molecule has 6 nitrogen and oxygen atoms in total. The first-order valence-electron chi connectivity index (χ1n) is 9.44. The first kappa shape index (κ1) is 18.8. The molecule has 0 unspecified atom stereocenters. The van der Waals surface area contributed by atoms with E-state index in [2.05, 4.69) is 9.88 Å². The van der Waals surface area contributed by atoms with Crippen molar-refractivity contribution in [2.24, 2.45) is 0 Å². The average Bonchev–Trinajstić information content (AvgIpc) is 3.16. The second kappa shape index (κ2) is 9.12. The molecular formula is C21H23N3O3S. The van der Waals surface area contributed by atoms with Gasteiger partial charge in [-0.1, -0.05) is 42.1 Å². The van der Waals surface area contributed by atoms with E-state index >= 15 is 0 Å². The van der Waals surface area contributed by atoms with Crippen molar-refractivity contribution in [1.29, 1.82) is 0 Å². The van der Waals surface area contributed by atoms with Gasteiger partial charge in [0.1, 0.15) is 17.9 Å². The van der Waals surface area contributed by atoms with Crippen molar-refractivity contribution >= 4 is 28.8 Å². The van der Waals surface area contributed by atoms with Gasteiger partial charge >= 0.3 is 0 Å². The molecule has 2 aromatic carbocycles. The van der Waals surface area contributed by atoms with E-state index in [9.17, 15) is 4.79 Å². The van der Waals surface area contributed by atoms with E-state index in [1.54, 1.807) is 0 Å². The molecule has 28 heavy (non-hydrogen) atoms. The standard InChI is InChI=1S/C21H23N3O3S/c25-20(16-28-21-22-18-8-4-5-9-19(18)27-21)24-12-10-23(11-13-24)14-15-26-17-6-2-1-3-7-17/h1-9H,10-16H2. The molecule has 1 aliphatic rings. The maximum Gasteiger partial charge on any atom is 0.257 e. The Hall–Kier alpha value is -2.51. The van der Waals surface area contributed by atoms with Crippen LogP contribution in [0, 0.1) is 0 Å². The number of piperazine rings is 1. The molecule has 0 radical (unpaired) electrons. The Morgan fingerprint density at radius 1 is 1.04 bits per heavy atom. The number of amides is 1. The van der Waals surface area contributed by atoms with Crippen LogP contribution in [0.5, 0.6) is 5.75 Å². The summed E-state index contributed by atoms with van der Waals surface area (Å²) in [5.74, 6) is 1.38. The van der Waals surface area contributed by atoms with Crippen LogP contribution in [0.3, 0.4) is 0 Å². The molecular weight excluding hydrogens is 374 g/mol. The Morgan fingerprint density at radius 3 is 2.57 bits per heavy atom. The van der Waals surface area contributed by atoms with E-state index < -0.39 is 0 Å². The fourth-order valence-corrected chi connectivity index (χ4v) is 3.90. The molecule has 3 aromatic rings. The Labute approximate surface area is 168 Å². The van der Waals surface area contributed by atoms with Crippen LogP contribution < -0.4 is 4.74 Å². The van der Waals surface area contributed by atoms with Gasteiger partial charge in [0.15, 0.2) is 5.58 Å². The molecule has 0 bridgehead atoms. The topological polar surface area (TPSA) is 58.8 Å². The monoisotopic (exact) mass is 397 g/mol. The number of carbonyl (C=O) groups excluding carboxylic acids is 1. The van der Waals surface area contributed by atoms with Crippen molar-refractivity contribution in [3.8, 4) is 5.75 Å². The number of ether oxygens (including phenoxy) is 1. The molecule has 1 amide bonds. The SMILES string of the molecule is O=C(CSc1nc2ccccc2o1)N1CCN(CCOc2ccccc2)CC1. The lowest BCUT2D eigenvalue weighted by Gasteiger charge is -2.34. The van der Waals surface area contributed by atoms with E-state index in [4.69, 9.17) is 9.15 Å². The zero-order chi connectivity index (χ0) is 19.2. The average molecular weight is 398 g/mol. The summed E-state index contributed by atoms with van der Waals surface area (Å²) >= 11 is 1.36. The number of carbonyl (C=O) groups is 1. The molecule has 0 aliphatic carbocycles. The van der Waals surface area contributed by atoms with E-state index in [0.29, 0.717) is 17.6 Å². The number of para-hydroxylation sites is 3. The van der Waals surface area contributed by atoms with Gasteiger partial charge in [-0.15, -0.1) is 0 Å². The summed E-state index contributed by atoms with van der Waals surface area (Å²) in [5, 5.41) is 0.547. The van der Waals surface area contributed by atoms with Gasteiger partial charge in [-0.25, -0.2) is 4.98 Å². The number of hydrogen-bond donors (Lipinski definition) is 0. The fourth-order valence-electron chi connectivity index (χ4n) is 3.16. The predicted octanol–water partition coefficient (Wildman–Crippen LogP) is 3.14. The zero-order valence-electron chi connectivity index (χ0n) is 15.6. The fraction of sp³-hybridized carbons (Fsp3) is 0.333. The lowest BCUT2D eigenvalue weighted by Crippen LogP contribution is -2.50. The largest absolute Gasteiger partial charge is 0.492 e. The number of nitrogens with zero attached hydrogens (tertiary/aromatic N) is 3. The normalized spacial score (nSPS) is 15.1. The highest BCUT2D eigenvalue weighted by atomic mass is 32.2. The molecule has 2 heterocycles. The number of aromatic nitrogens is 1. The summed E-state index contributed by atoms with van der Waals surface area (Å²) in [6, 6.07) is 17.5. The molecule has 0 saturated carbocycles. The van der Waals surface area contributed by atoms with E-state index in [-0.39, 0.29) is 5.91 Å². The molecule has 0 N–H and O–H groups in total. The first-order chi connectivity index (χ1) is 13.8. The number of rotatable bonds is 7. The van der Waals surface area contributed by atoms with Crippen molar-refractivity contribution in [3.63, 3.8) is 0 Å². The third kappa shape index (κ3) is 4.85. The molecule has 1 saturated heterocycles. The third-order valence-electron chi connectivity index (χ3n) is 4.74. The molecule has 146 valence electrons. The van der Waals surface area contributed by atoms with Crippen LogP contribution in [0.4, 0.5) is 0 Å². The van der Waals surface area contributed by atoms with Gasteiger partial charge in [-0.3, -0.25) is 9.69 Å². The maximum absolute atomic E-state index is 12.5. The van der Waals surface area contributed by atoms with Crippen LogP contribution >= 0.6 is 11.8 Å².